The lowest BCUT2D eigenvalue weighted by Crippen LogP contribution is -2.44. The van der Waals surface area contributed by atoms with Crippen LogP contribution >= 0.6 is 22.2 Å². The van der Waals surface area contributed by atoms with Gasteiger partial charge in [-0.25, -0.2) is 4.39 Å². The molecule has 0 aliphatic heterocycles. The molecule has 0 fully saturated rings. The lowest BCUT2D eigenvalue weighted by Gasteiger charge is -2.27. The highest BCUT2D eigenvalue weighted by atomic mass is 35.7. The van der Waals surface area contributed by atoms with Crippen molar-refractivity contribution in [1.82, 2.24) is 0 Å². The smallest absolute Gasteiger partial charge is 0.339 e. The van der Waals surface area contributed by atoms with Gasteiger partial charge >= 0.3 is 12.0 Å². The Morgan fingerprint density at radius 2 is 1.69 bits per heavy atom. The summed E-state index contributed by atoms with van der Waals surface area (Å²) in [5.41, 5.74) is 0. The highest BCUT2D eigenvalue weighted by molar-refractivity contribution is 7.33. The van der Waals surface area contributed by atoms with E-state index in [1.54, 1.807) is 0 Å². The zero-order valence-electron chi connectivity index (χ0n) is 6.67. The fraction of sp³-hybridized carbons (Fsp3) is 1.00. The van der Waals surface area contributed by atoms with Crippen molar-refractivity contribution in [2.24, 2.45) is 0 Å². The summed E-state index contributed by atoms with van der Waals surface area (Å²) in [6.45, 7) is 0.879. The highest BCUT2D eigenvalue weighted by Crippen LogP contribution is 2.40. The Morgan fingerprint density at radius 3 is 1.92 bits per heavy atom. The molecule has 0 amide bonds. The number of alkyl halides is 4. The Hall–Kier alpha value is 0.477. The minimum atomic E-state index is -5.09. The average Bonchev–Trinajstić information content (AvgIpc) is 1.82. The minimum absolute atomic E-state index is 0.384. The summed E-state index contributed by atoms with van der Waals surface area (Å²) < 4.78 is 53.2. The van der Waals surface area contributed by atoms with Gasteiger partial charge in [-0.3, -0.25) is 0 Å². The molecule has 0 N–H and O–H groups in total. The third-order valence-electron chi connectivity index (χ3n) is 1.21. The van der Waals surface area contributed by atoms with Crippen molar-refractivity contribution < 1.29 is 22.3 Å². The van der Waals surface area contributed by atoms with Gasteiger partial charge in [0.1, 0.15) is 0 Å². The van der Waals surface area contributed by atoms with Crippen LogP contribution in [0.3, 0.4) is 0 Å². The predicted octanol–water partition coefficient (Wildman–Crippen LogP) is 2.95. The molecule has 0 aromatic heterocycles. The van der Waals surface area contributed by atoms with Crippen LogP contribution in [0.25, 0.3) is 0 Å². The summed E-state index contributed by atoms with van der Waals surface area (Å²) in [6.07, 6.45) is -5.09. The van der Waals surface area contributed by atoms with Crippen LogP contribution in [-0.2, 0) is 4.74 Å². The van der Waals surface area contributed by atoms with Gasteiger partial charge in [0, 0.05) is 12.7 Å². The summed E-state index contributed by atoms with van der Waals surface area (Å²) in [7, 11) is -2.70. The molecule has 0 aliphatic rings. The standard InChI is InChI=1S/C5H8Cl2F4OSi/c1-2-12-4(8,3-13(6)7)5(9,10)11/h13H,2-3H2,1H3. The Balaban J connectivity index is 4.53. The second-order valence-corrected chi connectivity index (χ2v) is 7.28. The molecule has 8 heteroatoms. The summed E-state index contributed by atoms with van der Waals surface area (Å²) in [6, 6.07) is -0.993. The fourth-order valence-electron chi connectivity index (χ4n) is 0.684. The van der Waals surface area contributed by atoms with Crippen molar-refractivity contribution in [3.63, 3.8) is 0 Å². The summed E-state index contributed by atoms with van der Waals surface area (Å²) >= 11 is 10.4. The fourth-order valence-corrected chi connectivity index (χ4v) is 2.62. The van der Waals surface area contributed by atoms with E-state index >= 15 is 0 Å². The molecule has 0 rings (SSSR count). The molecule has 80 valence electrons. The van der Waals surface area contributed by atoms with Crippen LogP contribution in [0.4, 0.5) is 17.6 Å². The van der Waals surface area contributed by atoms with Gasteiger partial charge in [-0.05, 0) is 6.92 Å². The van der Waals surface area contributed by atoms with Crippen LogP contribution in [-0.4, -0.2) is 26.1 Å². The van der Waals surface area contributed by atoms with E-state index in [9.17, 15) is 17.6 Å². The maximum atomic E-state index is 13.1. The number of hydrogen-bond acceptors (Lipinski definition) is 1. The zero-order valence-corrected chi connectivity index (χ0v) is 9.33. The van der Waals surface area contributed by atoms with Crippen molar-refractivity contribution in [3.05, 3.63) is 0 Å². The Kier molecular flexibility index (Phi) is 4.99. The maximum Gasteiger partial charge on any atom is 0.448 e. The van der Waals surface area contributed by atoms with Crippen LogP contribution in [0.5, 0.6) is 0 Å². The molecule has 0 aromatic carbocycles. The van der Waals surface area contributed by atoms with Crippen molar-refractivity contribution in [2.45, 2.75) is 25.0 Å². The van der Waals surface area contributed by atoms with Crippen LogP contribution < -0.4 is 0 Å². The molecule has 0 spiro atoms. The van der Waals surface area contributed by atoms with E-state index in [0.29, 0.717) is 0 Å². The SMILES string of the molecule is CCOC(F)(C[SiH](Cl)Cl)C(F)(F)F. The second kappa shape index (κ2) is 4.81. The normalized spacial score (nSPS) is 17.5. The van der Waals surface area contributed by atoms with Crippen LogP contribution in [0.2, 0.25) is 6.04 Å². The van der Waals surface area contributed by atoms with Gasteiger partial charge in [0.05, 0.1) is 0 Å². The molecule has 13 heavy (non-hydrogen) atoms. The van der Waals surface area contributed by atoms with E-state index in [-0.39, 0.29) is 6.61 Å². The molecule has 1 nitrogen and oxygen atoms in total. The van der Waals surface area contributed by atoms with Crippen molar-refractivity contribution in [3.8, 4) is 0 Å². The molecule has 1 atom stereocenters. The van der Waals surface area contributed by atoms with E-state index in [0.717, 1.165) is 0 Å². The van der Waals surface area contributed by atoms with Gasteiger partial charge < -0.3 is 4.74 Å². The van der Waals surface area contributed by atoms with Gasteiger partial charge in [0.25, 0.3) is 0 Å². The quantitative estimate of drug-likeness (QED) is 0.428. The number of ether oxygens (including phenoxy) is 1. The van der Waals surface area contributed by atoms with Gasteiger partial charge in [-0.15, -0.1) is 0 Å². The van der Waals surface area contributed by atoms with E-state index in [2.05, 4.69) is 4.74 Å². The second-order valence-electron chi connectivity index (χ2n) is 2.25. The van der Waals surface area contributed by atoms with E-state index in [4.69, 9.17) is 22.2 Å². The summed E-state index contributed by atoms with van der Waals surface area (Å²) in [5, 5.41) is 0. The first-order valence-electron chi connectivity index (χ1n) is 3.40. The van der Waals surface area contributed by atoms with Crippen molar-refractivity contribution in [2.75, 3.05) is 6.61 Å². The molecule has 0 saturated heterocycles. The molecule has 1 unspecified atom stereocenters. The topological polar surface area (TPSA) is 9.23 Å². The Morgan fingerprint density at radius 1 is 1.23 bits per heavy atom. The molecule has 0 radical (unpaired) electrons. The van der Waals surface area contributed by atoms with E-state index in [1.165, 1.54) is 6.92 Å². The number of halogens is 6. The Bertz CT molecular complexity index is 165. The highest BCUT2D eigenvalue weighted by Gasteiger charge is 2.58. The van der Waals surface area contributed by atoms with Crippen LogP contribution in [0.15, 0.2) is 0 Å². The van der Waals surface area contributed by atoms with Crippen molar-refractivity contribution in [1.29, 1.82) is 0 Å². The number of rotatable bonds is 4. The zero-order chi connectivity index (χ0) is 10.7. The lowest BCUT2D eigenvalue weighted by molar-refractivity contribution is -0.322. The molecule has 0 bridgehead atoms. The first-order chi connectivity index (χ1) is 5.73. The molecule has 0 heterocycles. The Labute approximate surface area is 84.0 Å². The number of hydrogen-bond donors (Lipinski definition) is 0. The first kappa shape index (κ1) is 13.5. The monoisotopic (exact) mass is 258 g/mol. The van der Waals surface area contributed by atoms with Crippen LogP contribution in [0.1, 0.15) is 6.92 Å². The third kappa shape index (κ3) is 4.01. The average molecular weight is 259 g/mol. The predicted molar refractivity (Wildman–Crippen MR) is 45.2 cm³/mol. The van der Waals surface area contributed by atoms with Gasteiger partial charge in [-0.2, -0.15) is 35.3 Å². The van der Waals surface area contributed by atoms with E-state index < -0.39 is 25.5 Å². The van der Waals surface area contributed by atoms with Gasteiger partial charge in [-0.1, -0.05) is 0 Å². The largest absolute Gasteiger partial charge is 0.448 e. The molecule has 0 saturated carbocycles. The van der Waals surface area contributed by atoms with Crippen LogP contribution in [0, 0.1) is 0 Å². The summed E-state index contributed by atoms with van der Waals surface area (Å²) in [4.78, 5) is 0. The van der Waals surface area contributed by atoms with Gasteiger partial charge in [0.15, 0.2) is 0 Å². The molecule has 0 aliphatic carbocycles. The van der Waals surface area contributed by atoms with E-state index in [1.807, 2.05) is 0 Å². The summed E-state index contributed by atoms with van der Waals surface area (Å²) in [5.74, 6) is -3.69. The molecular formula is C5H8Cl2F4OSi. The minimum Gasteiger partial charge on any atom is -0.339 e. The van der Waals surface area contributed by atoms with Crippen molar-refractivity contribution >= 4 is 29.6 Å². The molecular weight excluding hydrogens is 251 g/mol. The maximum absolute atomic E-state index is 13.1. The molecule has 0 aromatic rings. The third-order valence-corrected chi connectivity index (χ3v) is 2.97. The van der Waals surface area contributed by atoms with Gasteiger partial charge in [0.2, 0.25) is 7.42 Å². The first-order valence-corrected chi connectivity index (χ1v) is 7.71. The lowest BCUT2D eigenvalue weighted by atomic mass is 10.3.